The Hall–Kier alpha value is -0.300. The van der Waals surface area contributed by atoms with E-state index in [1.807, 2.05) is 0 Å². The first kappa shape index (κ1) is 13.1. The summed E-state index contributed by atoms with van der Waals surface area (Å²) in [6.45, 7) is 5.97. The van der Waals surface area contributed by atoms with Crippen LogP contribution in [0.5, 0.6) is 0 Å². The van der Waals surface area contributed by atoms with Gasteiger partial charge in [0, 0.05) is 6.04 Å². The zero-order valence-corrected chi connectivity index (χ0v) is 11.7. The third-order valence-electron chi connectivity index (χ3n) is 4.73. The van der Waals surface area contributed by atoms with Gasteiger partial charge in [-0.05, 0) is 69.7 Å². The summed E-state index contributed by atoms with van der Waals surface area (Å²) in [5.41, 5.74) is 1.70. The molecule has 1 N–H and O–H groups in total. The second kappa shape index (κ2) is 6.58. The van der Waals surface area contributed by atoms with E-state index in [0.29, 0.717) is 0 Å². The first-order valence-corrected chi connectivity index (χ1v) is 7.67. The quantitative estimate of drug-likeness (QED) is 0.701. The van der Waals surface area contributed by atoms with Crippen molar-refractivity contribution in [3.8, 4) is 0 Å². The minimum Gasteiger partial charge on any atom is -0.314 e. The van der Waals surface area contributed by atoms with Crippen molar-refractivity contribution < 1.29 is 0 Å². The van der Waals surface area contributed by atoms with Crippen LogP contribution in [0, 0.1) is 11.8 Å². The van der Waals surface area contributed by atoms with Crippen LogP contribution in [0.3, 0.4) is 0 Å². The van der Waals surface area contributed by atoms with E-state index in [9.17, 15) is 0 Å². The molecule has 0 atom stereocenters. The summed E-state index contributed by atoms with van der Waals surface area (Å²) in [5, 5.41) is 3.77. The Morgan fingerprint density at radius 2 is 2.00 bits per heavy atom. The second-order valence-corrected chi connectivity index (χ2v) is 6.31. The Kier molecular flexibility index (Phi) is 5.09. The fraction of sp³-hybridized carbons (Fsp3) is 0.875. The van der Waals surface area contributed by atoms with Gasteiger partial charge in [0.15, 0.2) is 0 Å². The van der Waals surface area contributed by atoms with E-state index in [0.717, 1.165) is 17.9 Å². The summed E-state index contributed by atoms with van der Waals surface area (Å²) < 4.78 is 0. The number of rotatable bonds is 5. The maximum absolute atomic E-state index is 3.77. The molecule has 98 valence electrons. The van der Waals surface area contributed by atoms with Gasteiger partial charge in [0.2, 0.25) is 0 Å². The largest absolute Gasteiger partial charge is 0.314 e. The molecule has 1 nitrogen and oxygen atoms in total. The molecule has 1 heteroatoms. The average Bonchev–Trinajstić information content (AvgIpc) is 2.83. The lowest BCUT2D eigenvalue weighted by Crippen LogP contribution is -2.34. The molecule has 0 amide bonds. The van der Waals surface area contributed by atoms with Gasteiger partial charge in [-0.3, -0.25) is 0 Å². The molecular formula is C16H29N. The predicted molar refractivity (Wildman–Crippen MR) is 75.1 cm³/mol. The smallest absolute Gasteiger partial charge is 0.00673 e. The maximum Gasteiger partial charge on any atom is 0.00673 e. The van der Waals surface area contributed by atoms with Crippen LogP contribution < -0.4 is 5.32 Å². The van der Waals surface area contributed by atoms with Crippen molar-refractivity contribution in [3.05, 3.63) is 11.6 Å². The first-order chi connectivity index (χ1) is 8.25. The highest BCUT2D eigenvalue weighted by Crippen LogP contribution is 2.30. The van der Waals surface area contributed by atoms with E-state index in [1.54, 1.807) is 5.57 Å². The van der Waals surface area contributed by atoms with Crippen molar-refractivity contribution >= 4 is 0 Å². The molecular weight excluding hydrogens is 206 g/mol. The highest BCUT2D eigenvalue weighted by molar-refractivity contribution is 5.07. The molecule has 17 heavy (non-hydrogen) atoms. The molecule has 0 spiro atoms. The maximum atomic E-state index is 3.77. The van der Waals surface area contributed by atoms with Gasteiger partial charge < -0.3 is 5.32 Å². The van der Waals surface area contributed by atoms with Gasteiger partial charge in [0.1, 0.15) is 0 Å². The standard InChI is InChI=1S/C16H29N/c1-13(2)15-7-9-16(10-8-15)17-12-11-14-5-3-4-6-14/h5,13,15-17H,3-4,6-12H2,1-2H3. The minimum atomic E-state index is 0.812. The molecule has 0 heterocycles. The van der Waals surface area contributed by atoms with Gasteiger partial charge in [0.25, 0.3) is 0 Å². The van der Waals surface area contributed by atoms with Crippen molar-refractivity contribution in [2.45, 2.75) is 71.3 Å². The Balaban J connectivity index is 1.58. The highest BCUT2D eigenvalue weighted by Gasteiger charge is 2.22. The molecule has 0 saturated heterocycles. The summed E-state index contributed by atoms with van der Waals surface area (Å²) in [6, 6.07) is 0.812. The lowest BCUT2D eigenvalue weighted by atomic mass is 9.80. The van der Waals surface area contributed by atoms with E-state index in [1.165, 1.54) is 57.9 Å². The molecule has 0 radical (unpaired) electrons. The van der Waals surface area contributed by atoms with Gasteiger partial charge in [0.05, 0.1) is 0 Å². The Labute approximate surface area is 107 Å². The van der Waals surface area contributed by atoms with Gasteiger partial charge in [-0.2, -0.15) is 0 Å². The zero-order chi connectivity index (χ0) is 12.1. The second-order valence-electron chi connectivity index (χ2n) is 6.31. The molecule has 1 fully saturated rings. The Morgan fingerprint density at radius 3 is 2.59 bits per heavy atom. The summed E-state index contributed by atoms with van der Waals surface area (Å²) in [7, 11) is 0. The minimum absolute atomic E-state index is 0.812. The van der Waals surface area contributed by atoms with Crippen LogP contribution in [0.15, 0.2) is 11.6 Å². The van der Waals surface area contributed by atoms with Crippen LogP contribution in [-0.4, -0.2) is 12.6 Å². The van der Waals surface area contributed by atoms with Crippen LogP contribution in [0.1, 0.15) is 65.2 Å². The first-order valence-electron chi connectivity index (χ1n) is 7.67. The van der Waals surface area contributed by atoms with Crippen LogP contribution in [-0.2, 0) is 0 Å². The summed E-state index contributed by atoms with van der Waals surface area (Å²) in [4.78, 5) is 0. The molecule has 0 aliphatic heterocycles. The SMILES string of the molecule is CC(C)C1CCC(NCCC2=CCCC2)CC1. The molecule has 2 rings (SSSR count). The molecule has 2 aliphatic rings. The summed E-state index contributed by atoms with van der Waals surface area (Å²) in [6.07, 6.45) is 13.5. The van der Waals surface area contributed by atoms with E-state index in [-0.39, 0.29) is 0 Å². The van der Waals surface area contributed by atoms with E-state index in [2.05, 4.69) is 25.2 Å². The van der Waals surface area contributed by atoms with Gasteiger partial charge >= 0.3 is 0 Å². The molecule has 0 bridgehead atoms. The molecule has 1 saturated carbocycles. The lowest BCUT2D eigenvalue weighted by Gasteiger charge is -2.31. The Bertz CT molecular complexity index is 246. The van der Waals surface area contributed by atoms with Crippen molar-refractivity contribution in [3.63, 3.8) is 0 Å². The number of allylic oxidation sites excluding steroid dienone is 1. The number of hydrogen-bond donors (Lipinski definition) is 1. The average molecular weight is 235 g/mol. The monoisotopic (exact) mass is 235 g/mol. The van der Waals surface area contributed by atoms with Crippen LogP contribution >= 0.6 is 0 Å². The van der Waals surface area contributed by atoms with Crippen LogP contribution in [0.2, 0.25) is 0 Å². The predicted octanol–water partition coefficient (Wildman–Crippen LogP) is 4.29. The van der Waals surface area contributed by atoms with E-state index in [4.69, 9.17) is 0 Å². The van der Waals surface area contributed by atoms with Crippen LogP contribution in [0.4, 0.5) is 0 Å². The normalized spacial score (nSPS) is 29.7. The molecule has 2 aliphatic carbocycles. The van der Waals surface area contributed by atoms with Gasteiger partial charge in [-0.25, -0.2) is 0 Å². The zero-order valence-electron chi connectivity index (χ0n) is 11.7. The van der Waals surface area contributed by atoms with Crippen molar-refractivity contribution in [1.82, 2.24) is 5.32 Å². The number of nitrogens with one attached hydrogen (secondary N) is 1. The van der Waals surface area contributed by atoms with E-state index >= 15 is 0 Å². The summed E-state index contributed by atoms with van der Waals surface area (Å²) >= 11 is 0. The fourth-order valence-corrected chi connectivity index (χ4v) is 3.39. The van der Waals surface area contributed by atoms with Crippen molar-refractivity contribution in [2.75, 3.05) is 6.54 Å². The topological polar surface area (TPSA) is 12.0 Å². The molecule has 0 aromatic heterocycles. The van der Waals surface area contributed by atoms with Crippen molar-refractivity contribution in [2.24, 2.45) is 11.8 Å². The van der Waals surface area contributed by atoms with Gasteiger partial charge in [-0.1, -0.05) is 25.5 Å². The highest BCUT2D eigenvalue weighted by atomic mass is 14.9. The third-order valence-corrected chi connectivity index (χ3v) is 4.73. The fourth-order valence-electron chi connectivity index (χ4n) is 3.39. The summed E-state index contributed by atoms with van der Waals surface area (Å²) in [5.74, 6) is 1.88. The van der Waals surface area contributed by atoms with E-state index < -0.39 is 0 Å². The van der Waals surface area contributed by atoms with Crippen molar-refractivity contribution in [1.29, 1.82) is 0 Å². The molecule has 0 unspecified atom stereocenters. The van der Waals surface area contributed by atoms with Gasteiger partial charge in [-0.15, -0.1) is 0 Å². The Morgan fingerprint density at radius 1 is 1.24 bits per heavy atom. The molecule has 0 aromatic carbocycles. The van der Waals surface area contributed by atoms with Crippen LogP contribution in [0.25, 0.3) is 0 Å². The lowest BCUT2D eigenvalue weighted by molar-refractivity contribution is 0.239. The molecule has 0 aromatic rings. The number of hydrogen-bond acceptors (Lipinski definition) is 1. The third kappa shape index (κ3) is 4.13.